The van der Waals surface area contributed by atoms with Crippen molar-refractivity contribution in [2.75, 3.05) is 6.54 Å². The van der Waals surface area contributed by atoms with Crippen LogP contribution in [0.1, 0.15) is 32.8 Å². The van der Waals surface area contributed by atoms with Crippen LogP contribution in [0.4, 0.5) is 0 Å². The van der Waals surface area contributed by atoms with Gasteiger partial charge in [0.05, 0.1) is 0 Å². The zero-order chi connectivity index (χ0) is 13.8. The van der Waals surface area contributed by atoms with Crippen molar-refractivity contribution in [3.05, 3.63) is 35.9 Å². The van der Waals surface area contributed by atoms with E-state index in [1.165, 1.54) is 12.5 Å². The molecule has 0 aliphatic carbocycles. The van der Waals surface area contributed by atoms with E-state index < -0.39 is 0 Å². The predicted octanol–water partition coefficient (Wildman–Crippen LogP) is 3.27. The van der Waals surface area contributed by atoms with Crippen molar-refractivity contribution >= 4 is 18.4 Å². The first kappa shape index (κ1) is 17.0. The average molecular weight is 298 g/mol. The van der Waals surface area contributed by atoms with Crippen molar-refractivity contribution < 1.29 is 9.53 Å². The molecule has 0 radical (unpaired) electrons. The van der Waals surface area contributed by atoms with E-state index in [4.69, 9.17) is 4.74 Å². The van der Waals surface area contributed by atoms with E-state index in [0.29, 0.717) is 12.0 Å². The number of ether oxygens (including phenoxy) is 1. The molecule has 112 valence electrons. The lowest BCUT2D eigenvalue weighted by atomic mass is 9.88. The summed E-state index contributed by atoms with van der Waals surface area (Å²) in [5.41, 5.74) is 1.34. The molecule has 0 aromatic heterocycles. The second-order valence-electron chi connectivity index (χ2n) is 5.49. The Morgan fingerprint density at radius 1 is 1.30 bits per heavy atom. The second-order valence-corrected chi connectivity index (χ2v) is 5.49. The third-order valence-electron chi connectivity index (χ3n) is 4.17. The summed E-state index contributed by atoms with van der Waals surface area (Å²) in [6.45, 7) is 7.85. The van der Waals surface area contributed by atoms with E-state index in [-0.39, 0.29) is 24.5 Å². The molecule has 0 N–H and O–H groups in total. The lowest BCUT2D eigenvalue weighted by molar-refractivity contribution is -0.153. The third kappa shape index (κ3) is 4.22. The Morgan fingerprint density at radius 2 is 1.95 bits per heavy atom. The van der Waals surface area contributed by atoms with Crippen LogP contribution in [-0.4, -0.2) is 29.6 Å². The van der Waals surface area contributed by atoms with Crippen molar-refractivity contribution in [3.8, 4) is 0 Å². The fourth-order valence-corrected chi connectivity index (χ4v) is 2.82. The predicted molar refractivity (Wildman–Crippen MR) is 82.9 cm³/mol. The molecule has 0 amide bonds. The van der Waals surface area contributed by atoms with Gasteiger partial charge < -0.3 is 4.74 Å². The Labute approximate surface area is 127 Å². The molecule has 1 aliphatic heterocycles. The van der Waals surface area contributed by atoms with Crippen LogP contribution in [0.15, 0.2) is 30.3 Å². The highest BCUT2D eigenvalue weighted by Gasteiger charge is 2.34. The van der Waals surface area contributed by atoms with Gasteiger partial charge in [-0.3, -0.25) is 9.69 Å². The molecule has 1 aliphatic rings. The van der Waals surface area contributed by atoms with Crippen LogP contribution in [0.3, 0.4) is 0 Å². The van der Waals surface area contributed by atoms with Crippen molar-refractivity contribution in [2.45, 2.75) is 45.9 Å². The minimum absolute atomic E-state index is 0. The molecule has 0 bridgehead atoms. The van der Waals surface area contributed by atoms with E-state index in [0.717, 1.165) is 19.5 Å². The maximum absolute atomic E-state index is 11.1. The van der Waals surface area contributed by atoms with Crippen LogP contribution >= 0.6 is 12.4 Å². The molecule has 0 saturated carbocycles. The first-order chi connectivity index (χ1) is 9.08. The summed E-state index contributed by atoms with van der Waals surface area (Å²) in [4.78, 5) is 13.6. The lowest BCUT2D eigenvalue weighted by Gasteiger charge is -2.42. The molecule has 1 heterocycles. The fourth-order valence-electron chi connectivity index (χ4n) is 2.82. The molecule has 3 unspecified atom stereocenters. The number of hydrogen-bond acceptors (Lipinski definition) is 3. The lowest BCUT2D eigenvalue weighted by Crippen LogP contribution is -2.49. The quantitative estimate of drug-likeness (QED) is 0.802. The zero-order valence-corrected chi connectivity index (χ0v) is 13.2. The first-order valence-electron chi connectivity index (χ1n) is 7.03. The summed E-state index contributed by atoms with van der Waals surface area (Å²) in [6.07, 6.45) is 0.997. The largest absolute Gasteiger partial charge is 0.462 e. The number of piperidine rings is 1. The van der Waals surface area contributed by atoms with Crippen LogP contribution in [0.2, 0.25) is 0 Å². The molecule has 0 spiro atoms. The number of likely N-dealkylation sites (tertiary alicyclic amines) is 1. The number of rotatable bonds is 3. The second kappa shape index (κ2) is 7.65. The monoisotopic (exact) mass is 297 g/mol. The fraction of sp³-hybridized carbons (Fsp3) is 0.562. The van der Waals surface area contributed by atoms with Crippen molar-refractivity contribution in [1.82, 2.24) is 4.90 Å². The molecule has 2 rings (SSSR count). The maximum atomic E-state index is 11.1. The normalized spacial score (nSPS) is 26.6. The van der Waals surface area contributed by atoms with Crippen LogP contribution < -0.4 is 0 Å². The molecular weight excluding hydrogens is 274 g/mol. The summed E-state index contributed by atoms with van der Waals surface area (Å²) in [6, 6.07) is 11.0. The summed E-state index contributed by atoms with van der Waals surface area (Å²) in [7, 11) is 0. The Bertz CT molecular complexity index is 424. The van der Waals surface area contributed by atoms with E-state index in [9.17, 15) is 4.79 Å². The molecule has 1 saturated heterocycles. The van der Waals surface area contributed by atoms with Gasteiger partial charge in [-0.2, -0.15) is 0 Å². The summed E-state index contributed by atoms with van der Waals surface area (Å²) >= 11 is 0. The summed E-state index contributed by atoms with van der Waals surface area (Å²) in [5, 5.41) is 0. The van der Waals surface area contributed by atoms with Crippen molar-refractivity contribution in [2.24, 2.45) is 5.92 Å². The number of hydrogen-bond donors (Lipinski definition) is 0. The van der Waals surface area contributed by atoms with Crippen molar-refractivity contribution in [1.29, 1.82) is 0 Å². The number of carbonyl (C=O) groups is 1. The Balaban J connectivity index is 0.00000200. The van der Waals surface area contributed by atoms with Gasteiger partial charge in [0.1, 0.15) is 6.10 Å². The Morgan fingerprint density at radius 3 is 2.55 bits per heavy atom. The smallest absolute Gasteiger partial charge is 0.302 e. The van der Waals surface area contributed by atoms with Crippen LogP contribution in [0.5, 0.6) is 0 Å². The molecule has 3 atom stereocenters. The van der Waals surface area contributed by atoms with Gasteiger partial charge in [-0.05, 0) is 18.9 Å². The first-order valence-corrected chi connectivity index (χ1v) is 7.03. The van der Waals surface area contributed by atoms with Crippen LogP contribution in [0.25, 0.3) is 0 Å². The molecule has 20 heavy (non-hydrogen) atoms. The summed E-state index contributed by atoms with van der Waals surface area (Å²) < 4.78 is 5.41. The maximum Gasteiger partial charge on any atom is 0.302 e. The van der Waals surface area contributed by atoms with E-state index in [2.05, 4.69) is 43.0 Å². The number of esters is 1. The van der Waals surface area contributed by atoms with E-state index >= 15 is 0 Å². The van der Waals surface area contributed by atoms with Gasteiger partial charge >= 0.3 is 5.97 Å². The topological polar surface area (TPSA) is 29.5 Å². The molecule has 4 heteroatoms. The van der Waals surface area contributed by atoms with Crippen LogP contribution in [0, 0.1) is 5.92 Å². The van der Waals surface area contributed by atoms with Gasteiger partial charge in [-0.15, -0.1) is 12.4 Å². The van der Waals surface area contributed by atoms with E-state index in [1.54, 1.807) is 0 Å². The van der Waals surface area contributed by atoms with Gasteiger partial charge in [0.25, 0.3) is 0 Å². The number of carbonyl (C=O) groups excluding carboxylic acids is 1. The van der Waals surface area contributed by atoms with E-state index in [1.807, 2.05) is 6.07 Å². The van der Waals surface area contributed by atoms with Gasteiger partial charge in [-0.1, -0.05) is 37.3 Å². The number of nitrogens with zero attached hydrogens (tertiary/aromatic N) is 1. The van der Waals surface area contributed by atoms with Gasteiger partial charge in [-0.25, -0.2) is 0 Å². The van der Waals surface area contributed by atoms with Gasteiger partial charge in [0.2, 0.25) is 0 Å². The molecule has 1 aromatic carbocycles. The average Bonchev–Trinajstić information content (AvgIpc) is 2.39. The molecular formula is C16H24ClNO2. The van der Waals surface area contributed by atoms with Gasteiger partial charge in [0, 0.05) is 32.0 Å². The highest BCUT2D eigenvalue weighted by molar-refractivity contribution is 5.85. The molecule has 3 nitrogen and oxygen atoms in total. The molecule has 1 aromatic rings. The highest BCUT2D eigenvalue weighted by Crippen LogP contribution is 2.27. The highest BCUT2D eigenvalue weighted by atomic mass is 35.5. The Kier molecular flexibility index (Phi) is 6.50. The number of halogens is 1. The SMILES string of the molecule is CC(=O)OC1CCN(Cc2ccccc2)C(C)C1C.Cl. The summed E-state index contributed by atoms with van der Waals surface area (Å²) in [5.74, 6) is 0.210. The third-order valence-corrected chi connectivity index (χ3v) is 4.17. The zero-order valence-electron chi connectivity index (χ0n) is 12.4. The molecule has 1 fully saturated rings. The van der Waals surface area contributed by atoms with Gasteiger partial charge in [0.15, 0.2) is 0 Å². The van der Waals surface area contributed by atoms with Crippen molar-refractivity contribution in [3.63, 3.8) is 0 Å². The number of benzene rings is 1. The Hall–Kier alpha value is -1.06. The standard InChI is InChI=1S/C16H23NO2.ClH/c1-12-13(2)17(10-9-16(12)19-14(3)18)11-15-7-5-4-6-8-15;/h4-8,12-13,16H,9-11H2,1-3H3;1H. The minimum Gasteiger partial charge on any atom is -0.462 e. The van der Waals surface area contributed by atoms with Crippen LogP contribution in [-0.2, 0) is 16.1 Å². The minimum atomic E-state index is -0.166.